The number of hydrogen-bond donors (Lipinski definition) is 2. The predicted molar refractivity (Wildman–Crippen MR) is 84.4 cm³/mol. The topological polar surface area (TPSA) is 94.0 Å². The van der Waals surface area contributed by atoms with Gasteiger partial charge in [-0.25, -0.2) is 9.97 Å². The molecule has 22 heavy (non-hydrogen) atoms. The molecule has 2 heterocycles. The number of aryl methyl sites for hydroxylation is 1. The van der Waals surface area contributed by atoms with Crippen LogP contribution in [0.5, 0.6) is 0 Å². The van der Waals surface area contributed by atoms with Gasteiger partial charge in [-0.2, -0.15) is 0 Å². The van der Waals surface area contributed by atoms with Crippen LogP contribution in [0.25, 0.3) is 11.0 Å². The molecular weight excluding hydrogens is 304 g/mol. The van der Waals surface area contributed by atoms with Gasteiger partial charge < -0.3 is 15.5 Å². The van der Waals surface area contributed by atoms with Crippen molar-refractivity contribution in [2.75, 3.05) is 5.32 Å². The van der Waals surface area contributed by atoms with Crippen molar-refractivity contribution in [3.63, 3.8) is 0 Å². The SMILES string of the molecule is CCc1nc(C(N)=O)c(Nc2ccc3occc3c2)nc1Cl. The number of anilines is 2. The van der Waals surface area contributed by atoms with Crippen molar-refractivity contribution in [2.24, 2.45) is 5.73 Å². The maximum Gasteiger partial charge on any atom is 0.271 e. The normalized spacial score (nSPS) is 10.8. The van der Waals surface area contributed by atoms with Crippen LogP contribution in [0.15, 0.2) is 34.9 Å². The number of carbonyl (C=O) groups excluding carboxylic acids is 1. The highest BCUT2D eigenvalue weighted by Crippen LogP contribution is 2.25. The maximum atomic E-state index is 11.6. The first-order valence-electron chi connectivity index (χ1n) is 6.69. The van der Waals surface area contributed by atoms with Crippen molar-refractivity contribution >= 4 is 40.0 Å². The number of nitrogens with zero attached hydrogens (tertiary/aromatic N) is 2. The summed E-state index contributed by atoms with van der Waals surface area (Å²) in [4.78, 5) is 20.0. The van der Waals surface area contributed by atoms with E-state index in [0.717, 1.165) is 16.7 Å². The number of primary amides is 1. The Morgan fingerprint density at radius 3 is 2.91 bits per heavy atom. The van der Waals surface area contributed by atoms with Crippen LogP contribution in [0.2, 0.25) is 5.15 Å². The molecule has 7 heteroatoms. The van der Waals surface area contributed by atoms with Gasteiger partial charge in [-0.15, -0.1) is 0 Å². The molecule has 0 bridgehead atoms. The Hall–Kier alpha value is -2.60. The number of hydrogen-bond acceptors (Lipinski definition) is 5. The van der Waals surface area contributed by atoms with Crippen LogP contribution in [0.1, 0.15) is 23.1 Å². The molecule has 0 aliphatic carbocycles. The monoisotopic (exact) mass is 316 g/mol. The van der Waals surface area contributed by atoms with Crippen molar-refractivity contribution in [1.82, 2.24) is 9.97 Å². The van der Waals surface area contributed by atoms with Crippen LogP contribution < -0.4 is 11.1 Å². The van der Waals surface area contributed by atoms with Gasteiger partial charge in [-0.3, -0.25) is 4.79 Å². The number of aromatic nitrogens is 2. The number of nitrogens with two attached hydrogens (primary N) is 1. The largest absolute Gasteiger partial charge is 0.464 e. The second-order valence-electron chi connectivity index (χ2n) is 4.67. The second kappa shape index (κ2) is 5.65. The van der Waals surface area contributed by atoms with E-state index in [0.29, 0.717) is 12.1 Å². The second-order valence-corrected chi connectivity index (χ2v) is 5.03. The summed E-state index contributed by atoms with van der Waals surface area (Å²) in [6.07, 6.45) is 2.17. The molecule has 0 atom stereocenters. The number of rotatable bonds is 4. The lowest BCUT2D eigenvalue weighted by atomic mass is 10.2. The number of nitrogens with one attached hydrogen (secondary N) is 1. The number of benzene rings is 1. The fraction of sp³-hybridized carbons (Fsp3) is 0.133. The molecule has 0 fully saturated rings. The number of furan rings is 1. The van der Waals surface area contributed by atoms with E-state index in [9.17, 15) is 4.79 Å². The summed E-state index contributed by atoms with van der Waals surface area (Å²) >= 11 is 6.07. The zero-order valence-corrected chi connectivity index (χ0v) is 12.5. The summed E-state index contributed by atoms with van der Waals surface area (Å²) in [5, 5.41) is 4.20. The lowest BCUT2D eigenvalue weighted by Gasteiger charge is -2.11. The molecule has 0 saturated carbocycles. The van der Waals surface area contributed by atoms with Gasteiger partial charge in [0.2, 0.25) is 0 Å². The highest BCUT2D eigenvalue weighted by molar-refractivity contribution is 6.30. The first-order valence-corrected chi connectivity index (χ1v) is 7.06. The average molecular weight is 317 g/mol. The van der Waals surface area contributed by atoms with E-state index in [1.54, 1.807) is 12.3 Å². The van der Waals surface area contributed by atoms with Gasteiger partial charge in [0.25, 0.3) is 5.91 Å². The van der Waals surface area contributed by atoms with Crippen molar-refractivity contribution in [3.8, 4) is 0 Å². The van der Waals surface area contributed by atoms with Gasteiger partial charge in [0.15, 0.2) is 16.7 Å². The number of amides is 1. The number of carbonyl (C=O) groups is 1. The minimum Gasteiger partial charge on any atom is -0.464 e. The molecule has 112 valence electrons. The van der Waals surface area contributed by atoms with Gasteiger partial charge in [0.1, 0.15) is 5.58 Å². The first-order chi connectivity index (χ1) is 10.6. The zero-order valence-electron chi connectivity index (χ0n) is 11.8. The molecule has 3 N–H and O–H groups in total. The minimum atomic E-state index is -0.661. The van der Waals surface area contributed by atoms with Gasteiger partial charge in [0, 0.05) is 11.1 Å². The molecule has 2 aromatic heterocycles. The van der Waals surface area contributed by atoms with Crippen molar-refractivity contribution < 1.29 is 9.21 Å². The highest BCUT2D eigenvalue weighted by Gasteiger charge is 2.16. The smallest absolute Gasteiger partial charge is 0.271 e. The van der Waals surface area contributed by atoms with E-state index in [4.69, 9.17) is 21.8 Å². The van der Waals surface area contributed by atoms with Gasteiger partial charge >= 0.3 is 0 Å². The van der Waals surface area contributed by atoms with Crippen LogP contribution in [-0.2, 0) is 6.42 Å². The van der Waals surface area contributed by atoms with Gasteiger partial charge in [0.05, 0.1) is 12.0 Å². The molecule has 0 aliphatic rings. The summed E-state index contributed by atoms with van der Waals surface area (Å²) in [5.74, 6) is -0.427. The van der Waals surface area contributed by atoms with Gasteiger partial charge in [-0.05, 0) is 30.7 Å². The molecular formula is C15H13ClN4O2. The Bertz CT molecular complexity index is 860. The standard InChI is InChI=1S/C15H13ClN4O2/c1-2-10-13(16)20-15(12(19-10)14(17)21)18-9-3-4-11-8(7-9)5-6-22-11/h3-7H,2H2,1H3,(H2,17,21)(H,18,20). The Labute approximate surface area is 131 Å². The average Bonchev–Trinajstić information content (AvgIpc) is 2.94. The lowest BCUT2D eigenvalue weighted by molar-refractivity contribution is 0.0996. The molecule has 0 radical (unpaired) electrons. The molecule has 1 amide bonds. The van der Waals surface area contributed by atoms with E-state index in [1.807, 2.05) is 25.1 Å². The third-order valence-corrected chi connectivity index (χ3v) is 3.51. The number of fused-ring (bicyclic) bond motifs is 1. The van der Waals surface area contributed by atoms with E-state index in [2.05, 4.69) is 15.3 Å². The van der Waals surface area contributed by atoms with Gasteiger partial charge in [-0.1, -0.05) is 18.5 Å². The van der Waals surface area contributed by atoms with Crippen molar-refractivity contribution in [2.45, 2.75) is 13.3 Å². The van der Waals surface area contributed by atoms with E-state index < -0.39 is 5.91 Å². The molecule has 0 spiro atoms. The maximum absolute atomic E-state index is 11.6. The predicted octanol–water partition coefficient (Wildman–Crippen LogP) is 3.28. The summed E-state index contributed by atoms with van der Waals surface area (Å²) in [6.45, 7) is 1.88. The molecule has 0 saturated heterocycles. The summed E-state index contributed by atoms with van der Waals surface area (Å²) in [7, 11) is 0. The van der Waals surface area contributed by atoms with Crippen LogP contribution in [0.3, 0.4) is 0 Å². The van der Waals surface area contributed by atoms with E-state index in [1.165, 1.54) is 0 Å². The molecule has 3 aromatic rings. The third kappa shape index (κ3) is 2.60. The highest BCUT2D eigenvalue weighted by atomic mass is 35.5. The molecule has 6 nitrogen and oxygen atoms in total. The first kappa shape index (κ1) is 14.3. The molecule has 3 rings (SSSR count). The van der Waals surface area contributed by atoms with Crippen LogP contribution in [-0.4, -0.2) is 15.9 Å². The Kier molecular flexibility index (Phi) is 3.68. The Balaban J connectivity index is 2.03. The van der Waals surface area contributed by atoms with E-state index in [-0.39, 0.29) is 16.7 Å². The molecule has 0 aliphatic heterocycles. The van der Waals surface area contributed by atoms with Crippen LogP contribution in [0, 0.1) is 0 Å². The van der Waals surface area contributed by atoms with E-state index >= 15 is 0 Å². The molecule has 0 unspecified atom stereocenters. The summed E-state index contributed by atoms with van der Waals surface area (Å²) < 4.78 is 5.28. The minimum absolute atomic E-state index is 0.0635. The molecule has 1 aromatic carbocycles. The Morgan fingerprint density at radius 1 is 1.36 bits per heavy atom. The van der Waals surface area contributed by atoms with Crippen LogP contribution in [0.4, 0.5) is 11.5 Å². The fourth-order valence-corrected chi connectivity index (χ4v) is 2.38. The number of halogens is 1. The Morgan fingerprint density at radius 2 is 2.18 bits per heavy atom. The lowest BCUT2D eigenvalue weighted by Crippen LogP contribution is -2.18. The van der Waals surface area contributed by atoms with Crippen LogP contribution >= 0.6 is 11.6 Å². The van der Waals surface area contributed by atoms with Crippen molar-refractivity contribution in [3.05, 3.63) is 47.1 Å². The van der Waals surface area contributed by atoms with Crippen molar-refractivity contribution in [1.29, 1.82) is 0 Å². The zero-order chi connectivity index (χ0) is 15.7. The quantitative estimate of drug-likeness (QED) is 0.770. The third-order valence-electron chi connectivity index (χ3n) is 3.20. The fourth-order valence-electron chi connectivity index (χ4n) is 2.11. The summed E-state index contributed by atoms with van der Waals surface area (Å²) in [6, 6.07) is 7.33. The summed E-state index contributed by atoms with van der Waals surface area (Å²) in [5.41, 5.74) is 7.47.